The molecule has 0 radical (unpaired) electrons. The minimum absolute atomic E-state index is 0.160. The van der Waals surface area contributed by atoms with Gasteiger partial charge in [0.1, 0.15) is 5.82 Å². The van der Waals surface area contributed by atoms with Gasteiger partial charge in [-0.3, -0.25) is 4.79 Å². The van der Waals surface area contributed by atoms with Crippen LogP contribution in [0.3, 0.4) is 0 Å². The highest BCUT2D eigenvalue weighted by Crippen LogP contribution is 2.20. The monoisotopic (exact) mass is 269 g/mol. The molecule has 2 heterocycles. The quantitative estimate of drug-likeness (QED) is 0.648. The minimum atomic E-state index is 0.160. The molecule has 1 aromatic rings. The van der Waals surface area contributed by atoms with Crippen molar-refractivity contribution in [3.63, 3.8) is 0 Å². The van der Waals surface area contributed by atoms with Crippen LogP contribution in [0.25, 0.3) is 0 Å². The normalized spacial score (nSPS) is 20.1. The molecule has 1 aliphatic heterocycles. The maximum absolute atomic E-state index is 12.1. The van der Waals surface area contributed by atoms with Gasteiger partial charge in [0.25, 0.3) is 0 Å². The second-order valence-electron chi connectivity index (χ2n) is 4.62. The van der Waals surface area contributed by atoms with E-state index in [1.807, 2.05) is 4.90 Å². The lowest BCUT2D eigenvalue weighted by Crippen LogP contribution is -2.43. The maximum atomic E-state index is 12.1. The van der Waals surface area contributed by atoms with Gasteiger partial charge in [-0.05, 0) is 33.1 Å². The van der Waals surface area contributed by atoms with E-state index < -0.39 is 0 Å². The van der Waals surface area contributed by atoms with Crippen LogP contribution in [-0.2, 0) is 4.79 Å². The third-order valence-electron chi connectivity index (χ3n) is 3.28. The van der Waals surface area contributed by atoms with E-state index in [9.17, 15) is 4.79 Å². The highest BCUT2D eigenvalue weighted by Gasteiger charge is 2.23. The van der Waals surface area contributed by atoms with Crippen LogP contribution in [0.15, 0.2) is 5.16 Å². The van der Waals surface area contributed by atoms with Crippen molar-refractivity contribution in [1.82, 2.24) is 19.8 Å². The van der Waals surface area contributed by atoms with Gasteiger partial charge < -0.3 is 10.7 Å². The number of piperidine rings is 1. The van der Waals surface area contributed by atoms with Crippen molar-refractivity contribution < 1.29 is 4.79 Å². The third-order valence-corrected chi connectivity index (χ3v) is 4.21. The highest BCUT2D eigenvalue weighted by atomic mass is 32.2. The first-order valence-corrected chi connectivity index (χ1v) is 7.17. The first-order chi connectivity index (χ1) is 8.59. The van der Waals surface area contributed by atoms with E-state index in [0.29, 0.717) is 22.8 Å². The molecule has 0 bridgehead atoms. The Labute approximate surface area is 111 Å². The molecule has 1 saturated heterocycles. The second kappa shape index (κ2) is 5.60. The Morgan fingerprint density at radius 1 is 1.50 bits per heavy atom. The molecule has 2 N–H and O–H groups in total. The van der Waals surface area contributed by atoms with E-state index in [2.05, 4.69) is 17.1 Å². The van der Waals surface area contributed by atoms with Crippen molar-refractivity contribution in [3.05, 3.63) is 5.82 Å². The fourth-order valence-corrected chi connectivity index (χ4v) is 2.91. The summed E-state index contributed by atoms with van der Waals surface area (Å²) in [5.41, 5.74) is 0. The number of rotatable bonds is 3. The van der Waals surface area contributed by atoms with Crippen LogP contribution in [0.1, 0.15) is 32.0 Å². The number of thioether (sulfide) groups is 1. The van der Waals surface area contributed by atoms with Gasteiger partial charge in [0.15, 0.2) is 0 Å². The lowest BCUT2D eigenvalue weighted by Gasteiger charge is -2.33. The summed E-state index contributed by atoms with van der Waals surface area (Å²) in [5.74, 6) is 6.92. The number of carbonyl (C=O) groups excluding carboxylic acids is 1. The molecule has 1 unspecified atom stereocenters. The van der Waals surface area contributed by atoms with Gasteiger partial charge in [-0.25, -0.2) is 4.68 Å². The van der Waals surface area contributed by atoms with Gasteiger partial charge in [0.05, 0.1) is 5.75 Å². The number of nitrogens with zero attached hydrogens (tertiary/aromatic N) is 4. The van der Waals surface area contributed by atoms with Crippen molar-refractivity contribution >= 4 is 17.7 Å². The molecule has 0 aliphatic carbocycles. The number of nitrogens with two attached hydrogens (primary N) is 1. The summed E-state index contributed by atoms with van der Waals surface area (Å²) in [7, 11) is 0. The largest absolute Gasteiger partial charge is 0.339 e. The summed E-state index contributed by atoms with van der Waals surface area (Å²) < 4.78 is 1.41. The molecule has 1 aromatic heterocycles. The number of likely N-dealkylation sites (tertiary alicyclic amines) is 1. The number of hydrogen-bond acceptors (Lipinski definition) is 5. The first kappa shape index (κ1) is 13.2. The molecular formula is C11H19N5OS. The van der Waals surface area contributed by atoms with Gasteiger partial charge in [0, 0.05) is 12.6 Å². The average Bonchev–Trinajstić information content (AvgIpc) is 2.68. The van der Waals surface area contributed by atoms with Gasteiger partial charge in [-0.1, -0.05) is 11.8 Å². The third kappa shape index (κ3) is 2.77. The predicted octanol–water partition coefficient (Wildman–Crippen LogP) is 0.793. The topological polar surface area (TPSA) is 77.0 Å². The van der Waals surface area contributed by atoms with E-state index in [0.717, 1.165) is 19.4 Å². The minimum Gasteiger partial charge on any atom is -0.339 e. The van der Waals surface area contributed by atoms with E-state index in [-0.39, 0.29) is 5.91 Å². The van der Waals surface area contributed by atoms with Gasteiger partial charge in [-0.15, -0.1) is 10.2 Å². The molecular weight excluding hydrogens is 250 g/mol. The zero-order valence-electron chi connectivity index (χ0n) is 10.8. The highest BCUT2D eigenvalue weighted by molar-refractivity contribution is 7.99. The van der Waals surface area contributed by atoms with Crippen LogP contribution < -0.4 is 5.84 Å². The zero-order valence-corrected chi connectivity index (χ0v) is 11.6. The average molecular weight is 269 g/mol. The van der Waals surface area contributed by atoms with E-state index in [1.54, 1.807) is 6.92 Å². The number of carbonyl (C=O) groups is 1. The van der Waals surface area contributed by atoms with Gasteiger partial charge in [0.2, 0.25) is 11.1 Å². The predicted molar refractivity (Wildman–Crippen MR) is 70.7 cm³/mol. The second-order valence-corrected chi connectivity index (χ2v) is 5.56. The molecule has 0 saturated carbocycles. The fourth-order valence-electron chi connectivity index (χ4n) is 2.13. The van der Waals surface area contributed by atoms with E-state index in [4.69, 9.17) is 5.84 Å². The lowest BCUT2D eigenvalue weighted by atomic mass is 10.0. The maximum Gasteiger partial charge on any atom is 0.233 e. The SMILES string of the molecule is Cc1nnc(SCC(=O)N2CCCCC2C)n1N. The van der Waals surface area contributed by atoms with Crippen molar-refractivity contribution in [2.45, 2.75) is 44.3 Å². The Kier molecular flexibility index (Phi) is 4.11. The number of hydrogen-bond donors (Lipinski definition) is 1. The van der Waals surface area contributed by atoms with Crippen LogP contribution >= 0.6 is 11.8 Å². The van der Waals surface area contributed by atoms with Crippen LogP contribution in [0, 0.1) is 6.92 Å². The molecule has 2 rings (SSSR count). The summed E-state index contributed by atoms with van der Waals surface area (Å²) in [5, 5.41) is 8.38. The van der Waals surface area contributed by atoms with Crippen molar-refractivity contribution in [2.24, 2.45) is 0 Å². The Bertz CT molecular complexity index is 433. The Morgan fingerprint density at radius 2 is 2.28 bits per heavy atom. The number of amides is 1. The molecule has 6 nitrogen and oxygen atoms in total. The van der Waals surface area contributed by atoms with Gasteiger partial charge in [-0.2, -0.15) is 0 Å². The zero-order chi connectivity index (χ0) is 13.1. The fraction of sp³-hybridized carbons (Fsp3) is 0.727. The molecule has 1 aliphatic rings. The Morgan fingerprint density at radius 3 is 2.89 bits per heavy atom. The van der Waals surface area contributed by atoms with Crippen molar-refractivity contribution in [1.29, 1.82) is 0 Å². The first-order valence-electron chi connectivity index (χ1n) is 6.19. The number of aryl methyl sites for hydroxylation is 1. The summed E-state index contributed by atoms with van der Waals surface area (Å²) in [6.07, 6.45) is 3.42. The molecule has 1 fully saturated rings. The molecule has 1 atom stereocenters. The van der Waals surface area contributed by atoms with Crippen molar-refractivity contribution in [3.8, 4) is 0 Å². The standard InChI is InChI=1S/C11H19N5OS/c1-8-5-3-4-6-15(8)10(17)7-18-11-14-13-9(2)16(11)12/h8H,3-7,12H2,1-2H3. The molecule has 1 amide bonds. The summed E-state index contributed by atoms with van der Waals surface area (Å²) in [6, 6.07) is 0.351. The van der Waals surface area contributed by atoms with Crippen molar-refractivity contribution in [2.75, 3.05) is 18.1 Å². The molecule has 0 spiro atoms. The van der Waals surface area contributed by atoms with Gasteiger partial charge >= 0.3 is 0 Å². The smallest absolute Gasteiger partial charge is 0.233 e. The van der Waals surface area contributed by atoms with Crippen LogP contribution in [0.4, 0.5) is 0 Å². The van der Waals surface area contributed by atoms with Crippen LogP contribution in [0.2, 0.25) is 0 Å². The summed E-state index contributed by atoms with van der Waals surface area (Å²) in [4.78, 5) is 14.1. The number of aromatic nitrogens is 3. The van der Waals surface area contributed by atoms with E-state index >= 15 is 0 Å². The number of nitrogen functional groups attached to an aromatic ring is 1. The Balaban J connectivity index is 1.90. The van der Waals surface area contributed by atoms with Crippen LogP contribution in [-0.4, -0.2) is 44.0 Å². The molecule has 0 aromatic carbocycles. The summed E-state index contributed by atoms with van der Waals surface area (Å²) in [6.45, 7) is 4.76. The lowest BCUT2D eigenvalue weighted by molar-refractivity contribution is -0.131. The Hall–Kier alpha value is -1.24. The van der Waals surface area contributed by atoms with E-state index in [1.165, 1.54) is 22.9 Å². The summed E-state index contributed by atoms with van der Waals surface area (Å²) >= 11 is 1.34. The molecule has 100 valence electrons. The van der Waals surface area contributed by atoms with Crippen LogP contribution in [0.5, 0.6) is 0 Å². The molecule has 7 heteroatoms. The molecule has 18 heavy (non-hydrogen) atoms.